The predicted molar refractivity (Wildman–Crippen MR) is 53.0 cm³/mol. The molecule has 0 saturated heterocycles. The van der Waals surface area contributed by atoms with Gasteiger partial charge < -0.3 is 9.62 Å². The molecule has 0 N–H and O–H groups in total. The maximum absolute atomic E-state index is 11.7. The molecule has 1 heterocycles. The molecule has 0 bridgehead atoms. The Balaban J connectivity index is 2.26. The fraction of sp³-hybridized carbons (Fsp3) is 0.727. The van der Waals surface area contributed by atoms with Crippen LogP contribution in [-0.2, 0) is 0 Å². The van der Waals surface area contributed by atoms with Gasteiger partial charge in [0.15, 0.2) is 5.76 Å². The minimum atomic E-state index is 0.355. The molecule has 0 spiro atoms. The lowest BCUT2D eigenvalue weighted by molar-refractivity contribution is -0.626. The summed E-state index contributed by atoms with van der Waals surface area (Å²) in [5.74, 6) is 1.76. The number of rotatable bonds is 1. The molecule has 0 unspecified atom stereocenters. The number of aryl methyl sites for hydroxylation is 1. The fourth-order valence-corrected chi connectivity index (χ4v) is 2.18. The third-order valence-electron chi connectivity index (χ3n) is 3.23. The first kappa shape index (κ1) is 9.56. The van der Waals surface area contributed by atoms with Gasteiger partial charge in [-0.3, -0.25) is 0 Å². The van der Waals surface area contributed by atoms with E-state index in [9.17, 15) is 5.21 Å². The SMILES string of the molecule is Cc1oc(C2CCCCC2)[n+]([O-])c1C. The highest BCUT2D eigenvalue weighted by molar-refractivity contribution is 5.01. The van der Waals surface area contributed by atoms with Crippen LogP contribution in [0.1, 0.15) is 55.4 Å². The molecule has 1 fully saturated rings. The minimum Gasteiger partial charge on any atom is -0.616 e. The Morgan fingerprint density at radius 1 is 1.21 bits per heavy atom. The van der Waals surface area contributed by atoms with Crippen molar-refractivity contribution in [1.29, 1.82) is 0 Å². The zero-order valence-electron chi connectivity index (χ0n) is 8.88. The van der Waals surface area contributed by atoms with Crippen molar-refractivity contribution in [1.82, 2.24) is 0 Å². The van der Waals surface area contributed by atoms with Gasteiger partial charge in [0, 0.05) is 13.8 Å². The summed E-state index contributed by atoms with van der Waals surface area (Å²) in [5, 5.41) is 11.7. The van der Waals surface area contributed by atoms with E-state index in [0.29, 0.717) is 17.5 Å². The van der Waals surface area contributed by atoms with Crippen molar-refractivity contribution in [2.45, 2.75) is 51.9 Å². The van der Waals surface area contributed by atoms with Crippen LogP contribution in [0.5, 0.6) is 0 Å². The molecule has 0 radical (unpaired) electrons. The summed E-state index contributed by atoms with van der Waals surface area (Å²) in [5.41, 5.74) is 0.713. The van der Waals surface area contributed by atoms with E-state index in [1.807, 2.05) is 13.8 Å². The van der Waals surface area contributed by atoms with E-state index < -0.39 is 0 Å². The van der Waals surface area contributed by atoms with Crippen LogP contribution in [0.2, 0.25) is 0 Å². The molecule has 1 aromatic heterocycles. The van der Waals surface area contributed by atoms with Crippen LogP contribution in [0.15, 0.2) is 4.42 Å². The number of hydrogen-bond acceptors (Lipinski definition) is 2. The molecular formula is C11H17NO2. The van der Waals surface area contributed by atoms with Gasteiger partial charge in [0.2, 0.25) is 5.69 Å². The zero-order chi connectivity index (χ0) is 10.1. The standard InChI is InChI=1S/C11H17NO2/c1-8-9(2)14-11(12(8)13)10-6-4-3-5-7-10/h10H,3-7H2,1-2H3. The van der Waals surface area contributed by atoms with Crippen LogP contribution in [0.4, 0.5) is 0 Å². The lowest BCUT2D eigenvalue weighted by Gasteiger charge is -2.16. The first-order valence-electron chi connectivity index (χ1n) is 5.39. The molecule has 3 heteroatoms. The molecule has 1 aromatic rings. The van der Waals surface area contributed by atoms with E-state index in [1.54, 1.807) is 0 Å². The van der Waals surface area contributed by atoms with Crippen molar-refractivity contribution in [3.8, 4) is 0 Å². The van der Waals surface area contributed by atoms with Gasteiger partial charge in [-0.05, 0) is 12.8 Å². The molecule has 0 aliphatic heterocycles. The predicted octanol–water partition coefficient (Wildman–Crippen LogP) is 2.58. The Morgan fingerprint density at radius 3 is 2.36 bits per heavy atom. The normalized spacial score (nSPS) is 18.7. The second-order valence-electron chi connectivity index (χ2n) is 4.21. The fourth-order valence-electron chi connectivity index (χ4n) is 2.18. The first-order valence-corrected chi connectivity index (χ1v) is 5.39. The summed E-state index contributed by atoms with van der Waals surface area (Å²) in [6.45, 7) is 3.67. The Bertz CT molecular complexity index is 324. The monoisotopic (exact) mass is 195 g/mol. The van der Waals surface area contributed by atoms with E-state index in [-0.39, 0.29) is 0 Å². The van der Waals surface area contributed by atoms with Gasteiger partial charge in [-0.2, -0.15) is 0 Å². The summed E-state index contributed by atoms with van der Waals surface area (Å²) in [6.07, 6.45) is 5.96. The smallest absolute Gasteiger partial charge is 0.362 e. The highest BCUT2D eigenvalue weighted by Gasteiger charge is 2.28. The van der Waals surface area contributed by atoms with E-state index in [0.717, 1.165) is 23.3 Å². The number of aromatic nitrogens is 1. The molecule has 14 heavy (non-hydrogen) atoms. The maximum atomic E-state index is 11.7. The highest BCUT2D eigenvalue weighted by atomic mass is 16.5. The van der Waals surface area contributed by atoms with Crippen LogP contribution < -0.4 is 4.73 Å². The molecule has 1 saturated carbocycles. The van der Waals surface area contributed by atoms with Crippen LogP contribution in [0.25, 0.3) is 0 Å². The average molecular weight is 195 g/mol. The second kappa shape index (κ2) is 3.64. The van der Waals surface area contributed by atoms with Crippen molar-refractivity contribution >= 4 is 0 Å². The lowest BCUT2D eigenvalue weighted by Crippen LogP contribution is -2.33. The third-order valence-corrected chi connectivity index (χ3v) is 3.23. The van der Waals surface area contributed by atoms with Crippen molar-refractivity contribution in [2.24, 2.45) is 0 Å². The number of nitrogens with zero attached hydrogens (tertiary/aromatic N) is 1. The van der Waals surface area contributed by atoms with Gasteiger partial charge in [-0.15, -0.1) is 4.73 Å². The molecule has 0 aromatic carbocycles. The first-order chi connectivity index (χ1) is 6.70. The third kappa shape index (κ3) is 1.51. The molecule has 2 rings (SSSR count). The molecule has 1 aliphatic rings. The van der Waals surface area contributed by atoms with Crippen LogP contribution in [0.3, 0.4) is 0 Å². The number of oxazole rings is 1. The van der Waals surface area contributed by atoms with E-state index in [2.05, 4.69) is 0 Å². The highest BCUT2D eigenvalue weighted by Crippen LogP contribution is 2.31. The van der Waals surface area contributed by atoms with Gasteiger partial charge in [0.25, 0.3) is 0 Å². The summed E-state index contributed by atoms with van der Waals surface area (Å²) in [7, 11) is 0. The minimum absolute atomic E-state index is 0.355. The van der Waals surface area contributed by atoms with E-state index in [1.165, 1.54) is 19.3 Å². The van der Waals surface area contributed by atoms with Crippen LogP contribution >= 0.6 is 0 Å². The summed E-state index contributed by atoms with van der Waals surface area (Å²) in [4.78, 5) is 0. The maximum Gasteiger partial charge on any atom is 0.362 e. The average Bonchev–Trinajstić information content (AvgIpc) is 2.47. The lowest BCUT2D eigenvalue weighted by atomic mass is 9.89. The molecule has 78 valence electrons. The van der Waals surface area contributed by atoms with Gasteiger partial charge in [0.05, 0.1) is 5.92 Å². The van der Waals surface area contributed by atoms with Gasteiger partial charge in [-0.1, -0.05) is 19.3 Å². The van der Waals surface area contributed by atoms with Crippen LogP contribution in [0, 0.1) is 19.1 Å². The zero-order valence-corrected chi connectivity index (χ0v) is 8.88. The molecule has 0 amide bonds. The molecule has 1 aliphatic carbocycles. The molecule has 0 atom stereocenters. The van der Waals surface area contributed by atoms with E-state index >= 15 is 0 Å². The largest absolute Gasteiger partial charge is 0.616 e. The van der Waals surface area contributed by atoms with E-state index in [4.69, 9.17) is 4.42 Å². The quantitative estimate of drug-likeness (QED) is 0.510. The molecular weight excluding hydrogens is 178 g/mol. The van der Waals surface area contributed by atoms with Crippen molar-refractivity contribution in [3.05, 3.63) is 22.6 Å². The van der Waals surface area contributed by atoms with Crippen LogP contribution in [-0.4, -0.2) is 0 Å². The van der Waals surface area contributed by atoms with Gasteiger partial charge >= 0.3 is 5.89 Å². The Labute approximate surface area is 84.3 Å². The Morgan fingerprint density at radius 2 is 1.86 bits per heavy atom. The van der Waals surface area contributed by atoms with Crippen molar-refractivity contribution in [3.63, 3.8) is 0 Å². The van der Waals surface area contributed by atoms with Crippen molar-refractivity contribution in [2.75, 3.05) is 0 Å². The van der Waals surface area contributed by atoms with Gasteiger partial charge in [-0.25, -0.2) is 0 Å². The Kier molecular flexibility index (Phi) is 2.48. The Hall–Kier alpha value is -0.990. The second-order valence-corrected chi connectivity index (χ2v) is 4.21. The summed E-state index contributed by atoms with van der Waals surface area (Å²) in [6, 6.07) is 0. The van der Waals surface area contributed by atoms with Crippen molar-refractivity contribution < 1.29 is 9.15 Å². The summed E-state index contributed by atoms with van der Waals surface area (Å²) >= 11 is 0. The van der Waals surface area contributed by atoms with Gasteiger partial charge in [0.1, 0.15) is 0 Å². The topological polar surface area (TPSA) is 40.1 Å². The summed E-state index contributed by atoms with van der Waals surface area (Å²) < 4.78 is 6.51. The number of hydrogen-bond donors (Lipinski definition) is 0. The molecule has 3 nitrogen and oxygen atoms in total.